The number of nitrogens with two attached hydrogens (primary N) is 1. The van der Waals surface area contributed by atoms with Gasteiger partial charge in [-0.3, -0.25) is 0 Å². The standard InChI is InChI=1S/C15H26BrN3O/c1-8-20-11(15(5,6)7)13-18-10(14(2,3)4)9(16)12(17)19-13/h11H,8H2,1-7H3,(H2,17,18,19). The lowest BCUT2D eigenvalue weighted by Crippen LogP contribution is -2.26. The van der Waals surface area contributed by atoms with E-state index in [1.807, 2.05) is 6.92 Å². The molecule has 0 amide bonds. The van der Waals surface area contributed by atoms with Gasteiger partial charge in [-0.15, -0.1) is 0 Å². The summed E-state index contributed by atoms with van der Waals surface area (Å²) in [5.74, 6) is 1.12. The van der Waals surface area contributed by atoms with E-state index in [1.165, 1.54) is 0 Å². The molecule has 0 radical (unpaired) electrons. The summed E-state index contributed by atoms with van der Waals surface area (Å²) in [4.78, 5) is 9.15. The predicted molar refractivity (Wildman–Crippen MR) is 86.7 cm³/mol. The first-order chi connectivity index (χ1) is 8.98. The van der Waals surface area contributed by atoms with E-state index < -0.39 is 0 Å². The minimum Gasteiger partial charge on any atom is -0.383 e. The Balaban J connectivity index is 3.42. The molecule has 0 saturated carbocycles. The maximum atomic E-state index is 6.04. The van der Waals surface area contributed by atoms with Gasteiger partial charge in [-0.2, -0.15) is 0 Å². The van der Waals surface area contributed by atoms with Crippen molar-refractivity contribution >= 4 is 21.7 Å². The average Bonchev–Trinajstić information content (AvgIpc) is 2.26. The normalized spacial score (nSPS) is 14.4. The molecule has 0 aliphatic heterocycles. The minimum atomic E-state index is -0.177. The zero-order chi connectivity index (χ0) is 15.7. The van der Waals surface area contributed by atoms with E-state index in [0.29, 0.717) is 18.2 Å². The maximum absolute atomic E-state index is 6.04. The molecule has 4 nitrogen and oxygen atoms in total. The molecular weight excluding hydrogens is 318 g/mol. The maximum Gasteiger partial charge on any atom is 0.160 e. The predicted octanol–water partition coefficient (Wildman–Crippen LogP) is 4.24. The van der Waals surface area contributed by atoms with Crippen LogP contribution in [0.4, 0.5) is 5.82 Å². The topological polar surface area (TPSA) is 61.0 Å². The third-order valence-corrected chi connectivity index (χ3v) is 3.74. The zero-order valence-electron chi connectivity index (χ0n) is 13.5. The van der Waals surface area contributed by atoms with Crippen LogP contribution >= 0.6 is 15.9 Å². The van der Waals surface area contributed by atoms with E-state index in [9.17, 15) is 0 Å². The van der Waals surface area contributed by atoms with E-state index in [4.69, 9.17) is 15.5 Å². The second-order valence-electron chi connectivity index (χ2n) is 7.08. The number of ether oxygens (including phenoxy) is 1. The molecule has 0 aromatic carbocycles. The van der Waals surface area contributed by atoms with Gasteiger partial charge in [0.25, 0.3) is 0 Å². The smallest absolute Gasteiger partial charge is 0.160 e. The molecule has 0 aliphatic carbocycles. The van der Waals surface area contributed by atoms with Gasteiger partial charge in [0.1, 0.15) is 11.9 Å². The number of hydrogen-bond donors (Lipinski definition) is 1. The van der Waals surface area contributed by atoms with E-state index in [2.05, 4.69) is 62.5 Å². The molecule has 1 atom stereocenters. The Morgan fingerprint density at radius 1 is 1.15 bits per heavy atom. The van der Waals surface area contributed by atoms with E-state index >= 15 is 0 Å². The summed E-state index contributed by atoms with van der Waals surface area (Å²) in [6.45, 7) is 15.3. The van der Waals surface area contributed by atoms with Gasteiger partial charge in [0.15, 0.2) is 5.82 Å². The van der Waals surface area contributed by atoms with Crippen LogP contribution in [0.15, 0.2) is 4.47 Å². The van der Waals surface area contributed by atoms with Gasteiger partial charge < -0.3 is 10.5 Å². The molecule has 1 rings (SSSR count). The van der Waals surface area contributed by atoms with Gasteiger partial charge in [-0.05, 0) is 28.3 Å². The van der Waals surface area contributed by atoms with Gasteiger partial charge in [0.05, 0.1) is 10.2 Å². The second-order valence-corrected chi connectivity index (χ2v) is 7.87. The number of rotatable bonds is 3. The number of anilines is 1. The van der Waals surface area contributed by atoms with Gasteiger partial charge in [-0.1, -0.05) is 41.5 Å². The number of hydrogen-bond acceptors (Lipinski definition) is 4. The molecule has 0 bridgehead atoms. The summed E-state index contributed by atoms with van der Waals surface area (Å²) in [6, 6.07) is 0. The number of nitrogens with zero attached hydrogens (tertiary/aromatic N) is 2. The van der Waals surface area contributed by atoms with E-state index in [0.717, 1.165) is 10.2 Å². The monoisotopic (exact) mass is 343 g/mol. The van der Waals surface area contributed by atoms with Crippen molar-refractivity contribution in [3.8, 4) is 0 Å². The Hall–Kier alpha value is -0.680. The van der Waals surface area contributed by atoms with Crippen LogP contribution in [-0.4, -0.2) is 16.6 Å². The molecule has 1 aromatic rings. The molecule has 1 aromatic heterocycles. The Morgan fingerprint density at radius 2 is 1.70 bits per heavy atom. The molecular formula is C15H26BrN3O. The third kappa shape index (κ3) is 3.92. The lowest BCUT2D eigenvalue weighted by Gasteiger charge is -2.30. The quantitative estimate of drug-likeness (QED) is 0.891. The molecule has 1 heterocycles. The van der Waals surface area contributed by atoms with E-state index in [1.54, 1.807) is 0 Å². The Morgan fingerprint density at radius 3 is 2.10 bits per heavy atom. The summed E-state index contributed by atoms with van der Waals surface area (Å²) in [5, 5.41) is 0. The molecule has 2 N–H and O–H groups in total. The number of nitrogen functional groups attached to an aromatic ring is 1. The highest BCUT2D eigenvalue weighted by Crippen LogP contribution is 2.38. The highest BCUT2D eigenvalue weighted by atomic mass is 79.9. The Labute approximate surface area is 130 Å². The fourth-order valence-electron chi connectivity index (χ4n) is 1.98. The molecule has 0 fully saturated rings. The second kappa shape index (κ2) is 5.98. The lowest BCUT2D eigenvalue weighted by atomic mass is 9.87. The first-order valence-electron chi connectivity index (χ1n) is 6.93. The SMILES string of the molecule is CCOC(c1nc(N)c(Br)c(C(C)(C)C)n1)C(C)(C)C. The van der Waals surface area contributed by atoms with Crippen molar-refractivity contribution in [3.63, 3.8) is 0 Å². The first-order valence-corrected chi connectivity index (χ1v) is 7.72. The van der Waals surface area contributed by atoms with Crippen molar-refractivity contribution in [2.24, 2.45) is 5.41 Å². The number of halogens is 1. The summed E-state index contributed by atoms with van der Waals surface area (Å²) in [6.07, 6.45) is -0.177. The van der Waals surface area contributed by atoms with Crippen LogP contribution in [0.2, 0.25) is 0 Å². The number of aromatic nitrogens is 2. The Kier molecular flexibility index (Phi) is 5.19. The van der Waals surface area contributed by atoms with Gasteiger partial charge in [0.2, 0.25) is 0 Å². The molecule has 5 heteroatoms. The molecule has 114 valence electrons. The fourth-order valence-corrected chi connectivity index (χ4v) is 2.75. The van der Waals surface area contributed by atoms with Crippen LogP contribution in [0.25, 0.3) is 0 Å². The van der Waals surface area contributed by atoms with Crippen molar-refractivity contribution in [2.75, 3.05) is 12.3 Å². The van der Waals surface area contributed by atoms with Gasteiger partial charge >= 0.3 is 0 Å². The summed E-state index contributed by atoms with van der Waals surface area (Å²) in [5.41, 5.74) is 6.75. The lowest BCUT2D eigenvalue weighted by molar-refractivity contribution is -0.0192. The van der Waals surface area contributed by atoms with Crippen molar-refractivity contribution in [2.45, 2.75) is 60.0 Å². The summed E-state index contributed by atoms with van der Waals surface area (Å²) in [7, 11) is 0. The zero-order valence-corrected chi connectivity index (χ0v) is 15.1. The van der Waals surface area contributed by atoms with Crippen molar-refractivity contribution in [3.05, 3.63) is 16.0 Å². The van der Waals surface area contributed by atoms with Crippen molar-refractivity contribution < 1.29 is 4.74 Å². The molecule has 0 spiro atoms. The first kappa shape index (κ1) is 17.4. The van der Waals surface area contributed by atoms with Gasteiger partial charge in [-0.25, -0.2) is 9.97 Å². The average molecular weight is 344 g/mol. The van der Waals surface area contributed by atoms with Crippen LogP contribution in [0.3, 0.4) is 0 Å². The van der Waals surface area contributed by atoms with Crippen LogP contribution in [0, 0.1) is 5.41 Å². The van der Waals surface area contributed by atoms with Crippen LogP contribution in [0.5, 0.6) is 0 Å². The van der Waals surface area contributed by atoms with Crippen LogP contribution in [-0.2, 0) is 10.2 Å². The summed E-state index contributed by atoms with van der Waals surface area (Å²) >= 11 is 3.50. The molecule has 20 heavy (non-hydrogen) atoms. The van der Waals surface area contributed by atoms with Crippen molar-refractivity contribution in [1.29, 1.82) is 0 Å². The molecule has 0 aliphatic rings. The molecule has 0 saturated heterocycles. The molecule has 1 unspecified atom stereocenters. The van der Waals surface area contributed by atoms with Crippen molar-refractivity contribution in [1.82, 2.24) is 9.97 Å². The minimum absolute atomic E-state index is 0.0918. The highest BCUT2D eigenvalue weighted by molar-refractivity contribution is 9.10. The highest BCUT2D eigenvalue weighted by Gasteiger charge is 2.32. The van der Waals surface area contributed by atoms with Crippen LogP contribution in [0.1, 0.15) is 66.1 Å². The largest absolute Gasteiger partial charge is 0.383 e. The summed E-state index contributed by atoms with van der Waals surface area (Å²) < 4.78 is 6.63. The fraction of sp³-hybridized carbons (Fsp3) is 0.733. The van der Waals surface area contributed by atoms with Gasteiger partial charge in [0, 0.05) is 12.0 Å². The van der Waals surface area contributed by atoms with Crippen LogP contribution < -0.4 is 5.73 Å². The van der Waals surface area contributed by atoms with E-state index in [-0.39, 0.29) is 16.9 Å². The Bertz CT molecular complexity index is 475. The third-order valence-electron chi connectivity index (χ3n) is 2.96.